The number of rotatable bonds is 5. The van der Waals surface area contributed by atoms with E-state index < -0.39 is 18.0 Å². The predicted octanol–water partition coefficient (Wildman–Crippen LogP) is 2.22. The molecule has 0 bridgehead atoms. The number of ether oxygens (including phenoxy) is 2. The SMILES string of the molecule is COC(=O)c1oc(COC(=O)c2ccc(NC(N)=O)cc2)cc1C. The van der Waals surface area contributed by atoms with E-state index in [2.05, 4.69) is 10.1 Å². The van der Waals surface area contributed by atoms with E-state index >= 15 is 0 Å². The number of carbonyl (C=O) groups excluding carboxylic acids is 3. The third-order valence-electron chi connectivity index (χ3n) is 3.07. The minimum absolute atomic E-state index is 0.0745. The molecule has 0 unspecified atom stereocenters. The second-order valence-corrected chi connectivity index (χ2v) is 4.86. The van der Waals surface area contributed by atoms with E-state index in [1.807, 2.05) is 0 Å². The summed E-state index contributed by atoms with van der Waals surface area (Å²) >= 11 is 0. The molecule has 0 saturated carbocycles. The zero-order valence-electron chi connectivity index (χ0n) is 13.1. The summed E-state index contributed by atoms with van der Waals surface area (Å²) in [6.07, 6.45) is 0. The van der Waals surface area contributed by atoms with Crippen molar-refractivity contribution in [3.8, 4) is 0 Å². The summed E-state index contributed by atoms with van der Waals surface area (Å²) in [7, 11) is 1.25. The third kappa shape index (κ3) is 4.13. The molecule has 2 aromatic rings. The zero-order valence-corrected chi connectivity index (χ0v) is 13.1. The lowest BCUT2D eigenvalue weighted by molar-refractivity contribution is 0.0438. The fourth-order valence-electron chi connectivity index (χ4n) is 1.97. The number of esters is 2. The Hall–Kier alpha value is -3.29. The Morgan fingerprint density at radius 2 is 1.83 bits per heavy atom. The van der Waals surface area contributed by atoms with Crippen molar-refractivity contribution in [3.63, 3.8) is 0 Å². The van der Waals surface area contributed by atoms with Crippen LogP contribution in [-0.4, -0.2) is 25.1 Å². The Bertz CT molecular complexity index is 763. The van der Waals surface area contributed by atoms with Crippen LogP contribution >= 0.6 is 0 Å². The van der Waals surface area contributed by atoms with Crippen LogP contribution in [0.25, 0.3) is 0 Å². The highest BCUT2D eigenvalue weighted by atomic mass is 16.6. The van der Waals surface area contributed by atoms with Gasteiger partial charge < -0.3 is 24.9 Å². The number of amides is 2. The first-order chi connectivity index (χ1) is 11.4. The average molecular weight is 332 g/mol. The lowest BCUT2D eigenvalue weighted by atomic mass is 10.2. The Morgan fingerprint density at radius 3 is 2.42 bits per heavy atom. The zero-order chi connectivity index (χ0) is 17.7. The molecule has 1 aromatic carbocycles. The normalized spacial score (nSPS) is 10.1. The number of primary amides is 1. The molecule has 0 aliphatic rings. The number of hydrogen-bond donors (Lipinski definition) is 2. The average Bonchev–Trinajstić information content (AvgIpc) is 2.93. The van der Waals surface area contributed by atoms with Crippen molar-refractivity contribution in [2.45, 2.75) is 13.5 Å². The lowest BCUT2D eigenvalue weighted by Gasteiger charge is -2.05. The van der Waals surface area contributed by atoms with Crippen LogP contribution in [0, 0.1) is 6.92 Å². The smallest absolute Gasteiger partial charge is 0.374 e. The summed E-state index contributed by atoms with van der Waals surface area (Å²) in [6, 6.07) is 6.92. The maximum absolute atomic E-state index is 12.0. The van der Waals surface area contributed by atoms with Crippen LogP contribution in [0.15, 0.2) is 34.7 Å². The first-order valence-corrected chi connectivity index (χ1v) is 6.92. The summed E-state index contributed by atoms with van der Waals surface area (Å²) < 4.78 is 15.0. The summed E-state index contributed by atoms with van der Waals surface area (Å²) in [6.45, 7) is 1.56. The van der Waals surface area contributed by atoms with E-state index in [4.69, 9.17) is 14.9 Å². The van der Waals surface area contributed by atoms with Gasteiger partial charge in [0, 0.05) is 11.3 Å². The van der Waals surface area contributed by atoms with E-state index in [1.54, 1.807) is 13.0 Å². The van der Waals surface area contributed by atoms with Crippen LogP contribution in [-0.2, 0) is 16.1 Å². The first-order valence-electron chi connectivity index (χ1n) is 6.92. The molecule has 0 aliphatic carbocycles. The Labute approximate surface area is 137 Å². The van der Waals surface area contributed by atoms with Crippen molar-refractivity contribution < 1.29 is 28.3 Å². The van der Waals surface area contributed by atoms with E-state index in [1.165, 1.54) is 31.4 Å². The standard InChI is InChI=1S/C16H16N2O6/c1-9-7-12(24-13(9)15(20)22-2)8-23-14(19)10-3-5-11(6-4-10)18-16(17)21/h3-7H,8H2,1-2H3,(H3,17,18,21). The van der Waals surface area contributed by atoms with E-state index in [9.17, 15) is 14.4 Å². The molecule has 0 fully saturated rings. The number of hydrogen-bond acceptors (Lipinski definition) is 6. The van der Waals surface area contributed by atoms with E-state index in [0.29, 0.717) is 22.6 Å². The topological polar surface area (TPSA) is 121 Å². The van der Waals surface area contributed by atoms with Crippen LogP contribution in [0.4, 0.5) is 10.5 Å². The number of benzene rings is 1. The van der Waals surface area contributed by atoms with Gasteiger partial charge in [-0.25, -0.2) is 14.4 Å². The van der Waals surface area contributed by atoms with Gasteiger partial charge in [-0.1, -0.05) is 0 Å². The third-order valence-corrected chi connectivity index (χ3v) is 3.07. The van der Waals surface area contributed by atoms with Gasteiger partial charge in [-0.15, -0.1) is 0 Å². The number of anilines is 1. The summed E-state index contributed by atoms with van der Waals surface area (Å²) in [5.74, 6) is -0.768. The Morgan fingerprint density at radius 1 is 1.17 bits per heavy atom. The van der Waals surface area contributed by atoms with Gasteiger partial charge >= 0.3 is 18.0 Å². The molecule has 0 radical (unpaired) electrons. The number of urea groups is 1. The number of aryl methyl sites for hydroxylation is 1. The van der Waals surface area contributed by atoms with Crippen LogP contribution < -0.4 is 11.1 Å². The fourth-order valence-corrected chi connectivity index (χ4v) is 1.97. The number of carbonyl (C=O) groups is 3. The summed E-state index contributed by atoms with van der Waals surface area (Å²) in [5.41, 5.74) is 6.34. The number of nitrogens with two attached hydrogens (primary N) is 1. The second-order valence-electron chi connectivity index (χ2n) is 4.86. The van der Waals surface area contributed by atoms with Gasteiger partial charge in [0.25, 0.3) is 0 Å². The van der Waals surface area contributed by atoms with Gasteiger partial charge in [0.1, 0.15) is 12.4 Å². The largest absolute Gasteiger partial charge is 0.463 e. The van der Waals surface area contributed by atoms with Gasteiger partial charge in [-0.3, -0.25) is 0 Å². The predicted molar refractivity (Wildman–Crippen MR) is 83.6 cm³/mol. The van der Waals surface area contributed by atoms with E-state index in [-0.39, 0.29) is 12.4 Å². The highest BCUT2D eigenvalue weighted by molar-refractivity contribution is 5.92. The van der Waals surface area contributed by atoms with Crippen molar-refractivity contribution in [1.29, 1.82) is 0 Å². The molecule has 0 aliphatic heterocycles. The van der Waals surface area contributed by atoms with Crippen molar-refractivity contribution in [1.82, 2.24) is 0 Å². The quantitative estimate of drug-likeness (QED) is 0.810. The minimum atomic E-state index is -0.695. The molecule has 8 heteroatoms. The molecule has 1 heterocycles. The molecule has 0 spiro atoms. The number of nitrogens with one attached hydrogen (secondary N) is 1. The van der Waals surface area contributed by atoms with Crippen LogP contribution in [0.5, 0.6) is 0 Å². The fraction of sp³-hybridized carbons (Fsp3) is 0.188. The van der Waals surface area contributed by atoms with Crippen LogP contribution in [0.3, 0.4) is 0 Å². The Kier molecular flexibility index (Phi) is 5.20. The minimum Gasteiger partial charge on any atom is -0.463 e. The van der Waals surface area contributed by atoms with Crippen LogP contribution in [0.2, 0.25) is 0 Å². The first kappa shape index (κ1) is 17.1. The van der Waals surface area contributed by atoms with Crippen molar-refractivity contribution >= 4 is 23.7 Å². The van der Waals surface area contributed by atoms with Gasteiger partial charge in [-0.05, 0) is 37.3 Å². The highest BCUT2D eigenvalue weighted by Crippen LogP contribution is 2.17. The van der Waals surface area contributed by atoms with Crippen LogP contribution in [0.1, 0.15) is 32.2 Å². The molecular formula is C16H16N2O6. The maximum Gasteiger partial charge on any atom is 0.374 e. The molecule has 0 atom stereocenters. The summed E-state index contributed by atoms with van der Waals surface area (Å²) in [4.78, 5) is 34.1. The molecule has 8 nitrogen and oxygen atoms in total. The lowest BCUT2D eigenvalue weighted by Crippen LogP contribution is -2.19. The number of furan rings is 1. The molecule has 126 valence electrons. The summed E-state index contributed by atoms with van der Waals surface area (Å²) in [5, 5.41) is 2.38. The number of methoxy groups -OCH3 is 1. The molecule has 0 saturated heterocycles. The molecule has 2 rings (SSSR count). The van der Waals surface area contributed by atoms with E-state index in [0.717, 1.165) is 0 Å². The highest BCUT2D eigenvalue weighted by Gasteiger charge is 2.17. The monoisotopic (exact) mass is 332 g/mol. The van der Waals surface area contributed by atoms with Gasteiger partial charge in [0.15, 0.2) is 0 Å². The van der Waals surface area contributed by atoms with Gasteiger partial charge in [0.2, 0.25) is 5.76 Å². The van der Waals surface area contributed by atoms with Crippen molar-refractivity contribution in [2.75, 3.05) is 12.4 Å². The molecule has 24 heavy (non-hydrogen) atoms. The van der Waals surface area contributed by atoms with Crippen molar-refractivity contribution in [2.24, 2.45) is 5.73 Å². The maximum atomic E-state index is 12.0. The Balaban J connectivity index is 1.98. The molecule has 3 N–H and O–H groups in total. The molecular weight excluding hydrogens is 316 g/mol. The molecule has 2 amide bonds. The second kappa shape index (κ2) is 7.32. The van der Waals surface area contributed by atoms with Crippen molar-refractivity contribution in [3.05, 3.63) is 53.0 Å². The molecule has 1 aromatic heterocycles. The van der Waals surface area contributed by atoms with Gasteiger partial charge in [-0.2, -0.15) is 0 Å². The van der Waals surface area contributed by atoms with Gasteiger partial charge in [0.05, 0.1) is 12.7 Å².